The van der Waals surface area contributed by atoms with Gasteiger partial charge in [-0.05, 0) is 62.8 Å². The molecule has 2 rings (SSSR count). The minimum Gasteiger partial charge on any atom is -0.349 e. The highest BCUT2D eigenvalue weighted by Gasteiger charge is 2.24. The molecule has 0 saturated heterocycles. The summed E-state index contributed by atoms with van der Waals surface area (Å²) < 4.78 is 0. The van der Waals surface area contributed by atoms with Crippen LogP contribution in [-0.4, -0.2) is 18.0 Å². The van der Waals surface area contributed by atoms with Crippen LogP contribution >= 0.6 is 0 Å². The molecule has 1 saturated carbocycles. The molecule has 0 bridgehead atoms. The first-order valence-electron chi connectivity index (χ1n) is 6.62. The molecule has 2 atom stereocenters. The van der Waals surface area contributed by atoms with Gasteiger partial charge in [0.15, 0.2) is 0 Å². The lowest BCUT2D eigenvalue weighted by molar-refractivity contribution is 0.0937. The molecule has 1 aromatic rings. The van der Waals surface area contributed by atoms with Gasteiger partial charge < -0.3 is 11.1 Å². The third kappa shape index (κ3) is 2.56. The molecule has 0 radical (unpaired) electrons. The summed E-state index contributed by atoms with van der Waals surface area (Å²) in [5.41, 5.74) is 10.2. The van der Waals surface area contributed by atoms with E-state index in [1.54, 1.807) is 0 Å². The van der Waals surface area contributed by atoms with Gasteiger partial charge in [-0.2, -0.15) is 0 Å². The lowest BCUT2D eigenvalue weighted by atomic mass is 9.98. The maximum atomic E-state index is 12.2. The highest BCUT2D eigenvalue weighted by atomic mass is 16.1. The third-order valence-electron chi connectivity index (χ3n) is 4.11. The fourth-order valence-corrected chi connectivity index (χ4v) is 2.61. The van der Waals surface area contributed by atoms with E-state index >= 15 is 0 Å². The van der Waals surface area contributed by atoms with E-state index < -0.39 is 0 Å². The Morgan fingerprint density at radius 1 is 1.22 bits per heavy atom. The standard InChI is InChI=1S/C15H22N2O/c1-9-4-7-14(11(3)10(9)2)15(18)17-13-6-5-12(16)8-13/h4,7,12-13H,5-6,8,16H2,1-3H3,(H,17,18). The summed E-state index contributed by atoms with van der Waals surface area (Å²) in [6.07, 6.45) is 2.91. The van der Waals surface area contributed by atoms with Crippen LogP contribution in [0.3, 0.4) is 0 Å². The molecule has 2 unspecified atom stereocenters. The molecular weight excluding hydrogens is 224 g/mol. The van der Waals surface area contributed by atoms with E-state index in [-0.39, 0.29) is 18.0 Å². The Kier molecular flexibility index (Phi) is 3.71. The van der Waals surface area contributed by atoms with E-state index in [4.69, 9.17) is 5.73 Å². The van der Waals surface area contributed by atoms with Gasteiger partial charge in [-0.3, -0.25) is 4.79 Å². The highest BCUT2D eigenvalue weighted by molar-refractivity contribution is 5.96. The summed E-state index contributed by atoms with van der Waals surface area (Å²) in [6.45, 7) is 6.14. The minimum absolute atomic E-state index is 0.0368. The molecule has 18 heavy (non-hydrogen) atoms. The summed E-state index contributed by atoms with van der Waals surface area (Å²) >= 11 is 0. The molecule has 0 spiro atoms. The van der Waals surface area contributed by atoms with Crippen LogP contribution in [0.1, 0.15) is 46.3 Å². The van der Waals surface area contributed by atoms with E-state index in [1.165, 1.54) is 11.1 Å². The van der Waals surface area contributed by atoms with Crippen molar-refractivity contribution in [3.8, 4) is 0 Å². The smallest absolute Gasteiger partial charge is 0.251 e. The van der Waals surface area contributed by atoms with Gasteiger partial charge in [0, 0.05) is 17.6 Å². The summed E-state index contributed by atoms with van der Waals surface area (Å²) in [4.78, 5) is 12.2. The zero-order valence-corrected chi connectivity index (χ0v) is 11.4. The molecule has 0 aromatic heterocycles. The van der Waals surface area contributed by atoms with Gasteiger partial charge >= 0.3 is 0 Å². The molecule has 3 nitrogen and oxygen atoms in total. The second kappa shape index (κ2) is 5.11. The van der Waals surface area contributed by atoms with Gasteiger partial charge in [-0.1, -0.05) is 6.07 Å². The Bertz CT molecular complexity index is 468. The predicted octanol–water partition coefficient (Wildman–Crippen LogP) is 2.22. The number of amides is 1. The van der Waals surface area contributed by atoms with E-state index in [1.807, 2.05) is 19.1 Å². The molecule has 1 aliphatic carbocycles. The van der Waals surface area contributed by atoms with Crippen molar-refractivity contribution in [1.29, 1.82) is 0 Å². The van der Waals surface area contributed by atoms with Gasteiger partial charge in [0.1, 0.15) is 0 Å². The number of aryl methyl sites for hydroxylation is 1. The van der Waals surface area contributed by atoms with Gasteiger partial charge in [0.25, 0.3) is 5.91 Å². The molecular formula is C15H22N2O. The van der Waals surface area contributed by atoms with Crippen molar-refractivity contribution in [3.05, 3.63) is 34.4 Å². The van der Waals surface area contributed by atoms with Gasteiger partial charge in [0.05, 0.1) is 0 Å². The Morgan fingerprint density at radius 3 is 2.56 bits per heavy atom. The summed E-state index contributed by atoms with van der Waals surface area (Å²) in [6, 6.07) is 4.42. The van der Waals surface area contributed by atoms with Crippen molar-refractivity contribution < 1.29 is 4.79 Å². The van der Waals surface area contributed by atoms with Crippen LogP contribution in [0.2, 0.25) is 0 Å². The van der Waals surface area contributed by atoms with Crippen molar-refractivity contribution in [2.45, 2.75) is 52.1 Å². The Morgan fingerprint density at radius 2 is 1.94 bits per heavy atom. The molecule has 3 heteroatoms. The maximum Gasteiger partial charge on any atom is 0.251 e. The van der Waals surface area contributed by atoms with Crippen LogP contribution in [-0.2, 0) is 0 Å². The molecule has 1 fully saturated rings. The topological polar surface area (TPSA) is 55.1 Å². The van der Waals surface area contributed by atoms with Crippen molar-refractivity contribution in [2.75, 3.05) is 0 Å². The molecule has 3 N–H and O–H groups in total. The second-order valence-electron chi connectivity index (χ2n) is 5.42. The number of rotatable bonds is 2. The van der Waals surface area contributed by atoms with Crippen molar-refractivity contribution in [2.24, 2.45) is 5.73 Å². The monoisotopic (exact) mass is 246 g/mol. The van der Waals surface area contributed by atoms with E-state index in [9.17, 15) is 4.79 Å². The molecule has 1 aromatic carbocycles. The van der Waals surface area contributed by atoms with E-state index in [2.05, 4.69) is 19.2 Å². The Balaban J connectivity index is 2.12. The molecule has 1 amide bonds. The summed E-state index contributed by atoms with van der Waals surface area (Å²) in [7, 11) is 0. The van der Waals surface area contributed by atoms with Gasteiger partial charge in [-0.25, -0.2) is 0 Å². The molecule has 1 aliphatic rings. The Hall–Kier alpha value is -1.35. The van der Waals surface area contributed by atoms with Crippen LogP contribution < -0.4 is 11.1 Å². The number of nitrogens with one attached hydrogen (secondary N) is 1. The summed E-state index contributed by atoms with van der Waals surface area (Å²) in [5, 5.41) is 3.09. The minimum atomic E-state index is 0.0368. The zero-order chi connectivity index (χ0) is 13.3. The Labute approximate surface area is 109 Å². The summed E-state index contributed by atoms with van der Waals surface area (Å²) in [5.74, 6) is 0.0368. The van der Waals surface area contributed by atoms with Gasteiger partial charge in [-0.15, -0.1) is 0 Å². The van der Waals surface area contributed by atoms with Crippen LogP contribution in [0, 0.1) is 20.8 Å². The molecule has 98 valence electrons. The highest BCUT2D eigenvalue weighted by Crippen LogP contribution is 2.20. The molecule has 0 aliphatic heterocycles. The largest absolute Gasteiger partial charge is 0.349 e. The van der Waals surface area contributed by atoms with Crippen LogP contribution in [0.5, 0.6) is 0 Å². The fourth-order valence-electron chi connectivity index (χ4n) is 2.61. The predicted molar refractivity (Wildman–Crippen MR) is 73.7 cm³/mol. The number of carbonyl (C=O) groups excluding carboxylic acids is 1. The first-order chi connectivity index (χ1) is 8.49. The number of carbonyl (C=O) groups is 1. The third-order valence-corrected chi connectivity index (χ3v) is 4.11. The number of hydrogen-bond donors (Lipinski definition) is 2. The van der Waals surface area contributed by atoms with Gasteiger partial charge in [0.2, 0.25) is 0 Å². The maximum absolute atomic E-state index is 12.2. The SMILES string of the molecule is Cc1ccc(C(=O)NC2CCC(N)C2)c(C)c1C. The first kappa shape index (κ1) is 13.1. The second-order valence-corrected chi connectivity index (χ2v) is 5.42. The number of nitrogens with two attached hydrogens (primary N) is 1. The van der Waals surface area contributed by atoms with Crippen LogP contribution in [0.25, 0.3) is 0 Å². The van der Waals surface area contributed by atoms with Crippen LogP contribution in [0.15, 0.2) is 12.1 Å². The number of benzene rings is 1. The van der Waals surface area contributed by atoms with Crippen molar-refractivity contribution in [3.63, 3.8) is 0 Å². The van der Waals surface area contributed by atoms with E-state index in [0.717, 1.165) is 30.4 Å². The average molecular weight is 246 g/mol. The lowest BCUT2D eigenvalue weighted by Gasteiger charge is -2.15. The zero-order valence-electron chi connectivity index (χ0n) is 11.4. The normalized spacial score (nSPS) is 23.1. The lowest BCUT2D eigenvalue weighted by Crippen LogP contribution is -2.34. The number of hydrogen-bond acceptors (Lipinski definition) is 2. The average Bonchev–Trinajstić information content (AvgIpc) is 2.71. The molecule has 0 heterocycles. The van der Waals surface area contributed by atoms with Crippen LogP contribution in [0.4, 0.5) is 0 Å². The first-order valence-corrected chi connectivity index (χ1v) is 6.62. The quantitative estimate of drug-likeness (QED) is 0.840. The van der Waals surface area contributed by atoms with E-state index in [0.29, 0.717) is 0 Å². The van der Waals surface area contributed by atoms with Crippen molar-refractivity contribution in [1.82, 2.24) is 5.32 Å². The fraction of sp³-hybridized carbons (Fsp3) is 0.533. The van der Waals surface area contributed by atoms with Crippen molar-refractivity contribution >= 4 is 5.91 Å².